The highest BCUT2D eigenvalue weighted by molar-refractivity contribution is 6.62. The minimum Gasteiger partial charge on any atom is -0.399 e. The summed E-state index contributed by atoms with van der Waals surface area (Å²) in [6.07, 6.45) is -3.76. The lowest BCUT2D eigenvalue weighted by Crippen LogP contribution is -2.41. The van der Waals surface area contributed by atoms with Gasteiger partial charge in [0.1, 0.15) is 5.69 Å². The Morgan fingerprint density at radius 3 is 2.21 bits per heavy atom. The first-order valence-corrected chi connectivity index (χ1v) is 9.07. The molecule has 1 aromatic heterocycles. The van der Waals surface area contributed by atoms with E-state index in [0.717, 1.165) is 17.8 Å². The van der Waals surface area contributed by atoms with Gasteiger partial charge >= 0.3 is 13.3 Å². The number of aromatic nitrogens is 1. The third-order valence-electron chi connectivity index (χ3n) is 5.56. The molecule has 5 nitrogen and oxygen atoms in total. The van der Waals surface area contributed by atoms with Crippen LogP contribution in [-0.4, -0.2) is 29.2 Å². The van der Waals surface area contributed by atoms with Gasteiger partial charge in [-0.2, -0.15) is 13.2 Å². The van der Waals surface area contributed by atoms with Gasteiger partial charge in [-0.25, -0.2) is 0 Å². The molecule has 1 saturated heterocycles. The average molecular weight is 406 g/mol. The molecule has 9 heteroatoms. The molecule has 1 aliphatic heterocycles. The molecular formula is C20H22BF3N2O3. The number of nitrogens with two attached hydrogens (primary N) is 1. The van der Waals surface area contributed by atoms with Crippen LogP contribution in [0.15, 0.2) is 30.5 Å². The third-order valence-corrected chi connectivity index (χ3v) is 5.56. The number of carbonyl (C=O) groups is 1. The lowest BCUT2D eigenvalue weighted by atomic mass is 9.74. The van der Waals surface area contributed by atoms with E-state index in [1.165, 1.54) is 12.1 Å². The first kappa shape index (κ1) is 21.3. The van der Waals surface area contributed by atoms with Gasteiger partial charge in [0.25, 0.3) is 5.91 Å². The van der Waals surface area contributed by atoms with Crippen LogP contribution < -0.4 is 11.2 Å². The van der Waals surface area contributed by atoms with Crippen molar-refractivity contribution in [3.8, 4) is 11.1 Å². The summed E-state index contributed by atoms with van der Waals surface area (Å²) in [4.78, 5) is 15.6. The van der Waals surface area contributed by atoms with Crippen LogP contribution in [0.25, 0.3) is 11.1 Å². The molecule has 2 heterocycles. The van der Waals surface area contributed by atoms with Gasteiger partial charge < -0.3 is 15.0 Å². The standard InChI is InChI=1S/C20H22BF3N2O3/c1-11-6-7-12(10-14(11)21-28-18(2,3)19(4,5)29-21)15-13(20(22,23)24)8-9-26-16(15)17(25)27/h6-10H,1-5H3,(H2,25,27). The molecule has 3 rings (SSSR count). The number of aryl methyl sites for hydroxylation is 1. The number of carbonyl (C=O) groups excluding carboxylic acids is 1. The molecule has 1 aromatic carbocycles. The normalized spacial score (nSPS) is 18.1. The molecule has 1 amide bonds. The zero-order valence-corrected chi connectivity index (χ0v) is 16.8. The molecule has 0 unspecified atom stereocenters. The van der Waals surface area contributed by atoms with E-state index in [-0.39, 0.29) is 11.1 Å². The fourth-order valence-electron chi connectivity index (χ4n) is 3.20. The number of amides is 1. The smallest absolute Gasteiger partial charge is 0.399 e. The van der Waals surface area contributed by atoms with Crippen LogP contribution in [0.4, 0.5) is 13.2 Å². The highest BCUT2D eigenvalue weighted by Gasteiger charge is 2.52. The largest absolute Gasteiger partial charge is 0.495 e. The number of nitrogens with zero attached hydrogens (tertiary/aromatic N) is 1. The summed E-state index contributed by atoms with van der Waals surface area (Å²) < 4.78 is 53.0. The number of hydrogen-bond donors (Lipinski definition) is 1. The van der Waals surface area contributed by atoms with Crippen LogP contribution >= 0.6 is 0 Å². The number of pyridine rings is 1. The lowest BCUT2D eigenvalue weighted by Gasteiger charge is -2.32. The molecule has 2 N–H and O–H groups in total. The van der Waals surface area contributed by atoms with E-state index < -0.39 is 41.7 Å². The van der Waals surface area contributed by atoms with Crippen molar-refractivity contribution >= 4 is 18.5 Å². The third kappa shape index (κ3) is 3.76. The Hall–Kier alpha value is -2.39. The van der Waals surface area contributed by atoms with Crippen LogP contribution in [-0.2, 0) is 15.5 Å². The SMILES string of the molecule is Cc1ccc(-c2c(C(F)(F)F)ccnc2C(N)=O)cc1B1OC(C)(C)C(C)(C)O1. The number of benzene rings is 1. The Morgan fingerprint density at radius 2 is 1.69 bits per heavy atom. The lowest BCUT2D eigenvalue weighted by molar-refractivity contribution is -0.137. The predicted molar refractivity (Wildman–Crippen MR) is 104 cm³/mol. The van der Waals surface area contributed by atoms with E-state index in [1.54, 1.807) is 6.07 Å². The molecule has 2 aromatic rings. The quantitative estimate of drug-likeness (QED) is 0.793. The summed E-state index contributed by atoms with van der Waals surface area (Å²) in [7, 11) is -0.761. The van der Waals surface area contributed by atoms with Gasteiger partial charge in [-0.05, 0) is 51.7 Å². The van der Waals surface area contributed by atoms with E-state index in [9.17, 15) is 18.0 Å². The fourth-order valence-corrected chi connectivity index (χ4v) is 3.20. The second-order valence-electron chi connectivity index (χ2n) is 8.10. The molecule has 0 aliphatic carbocycles. The van der Waals surface area contributed by atoms with Crippen molar-refractivity contribution in [3.63, 3.8) is 0 Å². The van der Waals surface area contributed by atoms with Gasteiger partial charge in [-0.3, -0.25) is 9.78 Å². The average Bonchev–Trinajstić information content (AvgIpc) is 2.81. The minimum absolute atomic E-state index is 0.162. The van der Waals surface area contributed by atoms with Crippen LogP contribution in [0.5, 0.6) is 0 Å². The van der Waals surface area contributed by atoms with Crippen LogP contribution in [0.3, 0.4) is 0 Å². The number of primary amides is 1. The zero-order valence-electron chi connectivity index (χ0n) is 16.8. The van der Waals surface area contributed by atoms with Crippen molar-refractivity contribution in [1.29, 1.82) is 0 Å². The Balaban J connectivity index is 2.19. The Labute approximate surface area is 167 Å². The molecule has 0 radical (unpaired) electrons. The number of hydrogen-bond acceptors (Lipinski definition) is 4. The number of halogens is 3. The molecular weight excluding hydrogens is 384 g/mol. The van der Waals surface area contributed by atoms with Crippen molar-refractivity contribution in [1.82, 2.24) is 4.98 Å². The molecule has 29 heavy (non-hydrogen) atoms. The molecule has 0 saturated carbocycles. The van der Waals surface area contributed by atoms with Gasteiger partial charge in [-0.1, -0.05) is 23.8 Å². The highest BCUT2D eigenvalue weighted by Crippen LogP contribution is 2.39. The first-order valence-electron chi connectivity index (χ1n) is 9.07. The van der Waals surface area contributed by atoms with Gasteiger partial charge in [0.05, 0.1) is 16.8 Å². The number of rotatable bonds is 3. The van der Waals surface area contributed by atoms with E-state index in [4.69, 9.17) is 15.0 Å². The van der Waals surface area contributed by atoms with E-state index in [1.807, 2.05) is 34.6 Å². The van der Waals surface area contributed by atoms with Crippen molar-refractivity contribution in [2.24, 2.45) is 5.73 Å². The van der Waals surface area contributed by atoms with E-state index in [0.29, 0.717) is 5.46 Å². The molecule has 1 fully saturated rings. The first-order chi connectivity index (χ1) is 13.2. The highest BCUT2D eigenvalue weighted by atomic mass is 19.4. The Bertz CT molecular complexity index is 958. The predicted octanol–water partition coefficient (Wildman–Crippen LogP) is 3.47. The second-order valence-corrected chi connectivity index (χ2v) is 8.10. The van der Waals surface area contributed by atoms with Crippen LogP contribution in [0, 0.1) is 6.92 Å². The summed E-state index contributed by atoms with van der Waals surface area (Å²) >= 11 is 0. The molecule has 0 bridgehead atoms. The molecule has 1 aliphatic rings. The summed E-state index contributed by atoms with van der Waals surface area (Å²) in [5.41, 5.74) is 3.84. The van der Waals surface area contributed by atoms with Crippen LogP contribution in [0.2, 0.25) is 0 Å². The van der Waals surface area contributed by atoms with Crippen molar-refractivity contribution < 1.29 is 27.3 Å². The maximum atomic E-state index is 13.6. The molecule has 154 valence electrons. The van der Waals surface area contributed by atoms with E-state index >= 15 is 0 Å². The Kier molecular flexibility index (Phi) is 5.03. The van der Waals surface area contributed by atoms with Crippen molar-refractivity contribution in [2.75, 3.05) is 0 Å². The summed E-state index contributed by atoms with van der Waals surface area (Å²) in [5.74, 6) is -1.04. The summed E-state index contributed by atoms with van der Waals surface area (Å²) in [6, 6.07) is 5.53. The molecule has 0 spiro atoms. The summed E-state index contributed by atoms with van der Waals surface area (Å²) in [6.45, 7) is 9.37. The van der Waals surface area contributed by atoms with Gasteiger partial charge in [0.2, 0.25) is 0 Å². The van der Waals surface area contributed by atoms with Gasteiger partial charge in [0.15, 0.2) is 0 Å². The van der Waals surface area contributed by atoms with Crippen LogP contribution in [0.1, 0.15) is 49.3 Å². The monoisotopic (exact) mass is 406 g/mol. The van der Waals surface area contributed by atoms with Gasteiger partial charge in [0, 0.05) is 11.8 Å². The minimum atomic E-state index is -4.68. The van der Waals surface area contributed by atoms with Crippen molar-refractivity contribution in [3.05, 3.63) is 47.3 Å². The second kappa shape index (κ2) is 6.85. The summed E-state index contributed by atoms with van der Waals surface area (Å²) in [5, 5.41) is 0. The maximum absolute atomic E-state index is 13.6. The Morgan fingerprint density at radius 1 is 1.10 bits per heavy atom. The van der Waals surface area contributed by atoms with Crippen molar-refractivity contribution in [2.45, 2.75) is 52.0 Å². The molecule has 0 atom stereocenters. The zero-order chi connectivity index (χ0) is 21.8. The topological polar surface area (TPSA) is 74.4 Å². The maximum Gasteiger partial charge on any atom is 0.495 e. The van der Waals surface area contributed by atoms with Gasteiger partial charge in [-0.15, -0.1) is 0 Å². The number of alkyl halides is 3. The van der Waals surface area contributed by atoms with E-state index in [2.05, 4.69) is 4.98 Å². The fraction of sp³-hybridized carbons (Fsp3) is 0.400.